The summed E-state index contributed by atoms with van der Waals surface area (Å²) in [7, 11) is 0. The van der Waals surface area contributed by atoms with Crippen molar-refractivity contribution in [2.45, 2.75) is 0 Å². The highest BCUT2D eigenvalue weighted by Gasteiger charge is 2.19. The summed E-state index contributed by atoms with van der Waals surface area (Å²) in [6.07, 6.45) is 1.67. The number of carbonyl (C=O) groups excluding carboxylic acids is 1. The predicted molar refractivity (Wildman–Crippen MR) is 79.7 cm³/mol. The fourth-order valence-corrected chi connectivity index (χ4v) is 2.62. The first-order valence-electron chi connectivity index (χ1n) is 5.35. The zero-order chi connectivity index (χ0) is 13.8. The number of hydrogen-bond acceptors (Lipinski definition) is 4. The lowest BCUT2D eigenvalue weighted by atomic mass is 10.2. The van der Waals surface area contributed by atoms with Crippen LogP contribution in [0.3, 0.4) is 0 Å². The van der Waals surface area contributed by atoms with Crippen LogP contribution in [-0.4, -0.2) is 19.0 Å². The molecule has 0 unspecified atom stereocenters. The van der Waals surface area contributed by atoms with Crippen molar-refractivity contribution in [2.75, 3.05) is 18.4 Å². The van der Waals surface area contributed by atoms with E-state index < -0.39 is 0 Å². The highest BCUT2D eigenvalue weighted by atomic mass is 35.5. The van der Waals surface area contributed by atoms with Crippen molar-refractivity contribution in [1.82, 2.24) is 5.32 Å². The molecule has 1 aromatic carbocycles. The molecule has 1 aromatic rings. The number of carbonyl (C=O) groups is 1. The van der Waals surface area contributed by atoms with E-state index in [1.165, 1.54) is 0 Å². The minimum Gasteiger partial charge on any atom is -0.322 e. The van der Waals surface area contributed by atoms with Crippen LogP contribution < -0.4 is 10.6 Å². The highest BCUT2D eigenvalue weighted by Crippen LogP contribution is 2.47. The predicted octanol–water partition coefficient (Wildman–Crippen LogP) is 3.43. The van der Waals surface area contributed by atoms with Crippen LogP contribution in [0.1, 0.15) is 0 Å². The minimum absolute atomic E-state index is 0.157. The van der Waals surface area contributed by atoms with Crippen molar-refractivity contribution >= 4 is 57.5 Å². The van der Waals surface area contributed by atoms with Crippen LogP contribution in [0, 0.1) is 0 Å². The maximum Gasteiger partial charge on any atom is 0.238 e. The lowest BCUT2D eigenvalue weighted by Crippen LogP contribution is -2.28. The summed E-state index contributed by atoms with van der Waals surface area (Å²) in [6, 6.07) is 1.54. The van der Waals surface area contributed by atoms with Gasteiger partial charge in [-0.2, -0.15) is 8.73 Å². The third kappa shape index (κ3) is 3.22. The second-order valence-electron chi connectivity index (χ2n) is 3.64. The van der Waals surface area contributed by atoms with E-state index in [4.69, 9.17) is 23.2 Å². The SMILES string of the molecule is C=CCNCC(=O)Nc1c(Cl)cc(Cl)c2c1N=S=N2. The number of nitrogens with one attached hydrogen (secondary N) is 2. The van der Waals surface area contributed by atoms with Crippen LogP contribution in [0.4, 0.5) is 17.1 Å². The third-order valence-electron chi connectivity index (χ3n) is 2.28. The van der Waals surface area contributed by atoms with E-state index in [9.17, 15) is 4.79 Å². The van der Waals surface area contributed by atoms with E-state index >= 15 is 0 Å². The van der Waals surface area contributed by atoms with Crippen LogP contribution in [-0.2, 0) is 16.1 Å². The van der Waals surface area contributed by atoms with Gasteiger partial charge in [0.05, 0.1) is 33.6 Å². The van der Waals surface area contributed by atoms with Crippen LogP contribution in [0.5, 0.6) is 0 Å². The van der Waals surface area contributed by atoms with E-state index in [0.717, 1.165) is 11.4 Å². The summed E-state index contributed by atoms with van der Waals surface area (Å²) >= 11 is 13.1. The molecular formula is C11H10Cl2N4OS. The second-order valence-corrected chi connectivity index (χ2v) is 4.99. The van der Waals surface area contributed by atoms with E-state index in [2.05, 4.69) is 25.9 Å². The lowest BCUT2D eigenvalue weighted by molar-refractivity contribution is -0.115. The molecule has 1 amide bonds. The normalized spacial score (nSPS) is 11.9. The Morgan fingerprint density at radius 2 is 2.11 bits per heavy atom. The number of nitrogens with zero attached hydrogens (tertiary/aromatic N) is 2. The molecule has 2 rings (SSSR count). The fraction of sp³-hybridized carbons (Fsp3) is 0.182. The van der Waals surface area contributed by atoms with Crippen LogP contribution in [0.25, 0.3) is 0 Å². The van der Waals surface area contributed by atoms with Gasteiger partial charge in [0.25, 0.3) is 0 Å². The van der Waals surface area contributed by atoms with E-state index in [-0.39, 0.29) is 12.5 Å². The molecule has 0 saturated carbocycles. The smallest absolute Gasteiger partial charge is 0.238 e. The molecule has 0 aromatic heterocycles. The molecule has 0 fully saturated rings. The molecule has 0 aliphatic carbocycles. The Labute approximate surface area is 123 Å². The maximum atomic E-state index is 11.7. The number of anilines is 1. The van der Waals surface area contributed by atoms with Crippen molar-refractivity contribution in [3.05, 3.63) is 28.8 Å². The molecule has 1 heterocycles. The fourth-order valence-electron chi connectivity index (χ4n) is 1.46. The third-order valence-corrected chi connectivity index (χ3v) is 3.40. The van der Waals surface area contributed by atoms with E-state index in [1.54, 1.807) is 12.1 Å². The molecule has 5 nitrogen and oxygen atoms in total. The molecule has 1 aliphatic rings. The Kier molecular flexibility index (Phi) is 4.71. The van der Waals surface area contributed by atoms with Crippen LogP contribution in [0.15, 0.2) is 27.4 Å². The Bertz CT molecular complexity index is 611. The van der Waals surface area contributed by atoms with E-state index in [0.29, 0.717) is 33.7 Å². The molecular weight excluding hydrogens is 307 g/mol. The monoisotopic (exact) mass is 316 g/mol. The van der Waals surface area contributed by atoms with Gasteiger partial charge in [-0.1, -0.05) is 29.3 Å². The Hall–Kier alpha value is -1.21. The summed E-state index contributed by atoms with van der Waals surface area (Å²) in [6.45, 7) is 4.26. The molecule has 8 heteroatoms. The first-order chi connectivity index (χ1) is 9.13. The van der Waals surface area contributed by atoms with Gasteiger partial charge in [0.15, 0.2) is 0 Å². The van der Waals surface area contributed by atoms with Crippen molar-refractivity contribution in [3.8, 4) is 0 Å². The number of halogens is 2. The lowest BCUT2D eigenvalue weighted by Gasteiger charge is -2.11. The standard InChI is InChI=1S/C11H10Cl2N4OS/c1-2-3-14-5-8(18)15-9-6(12)4-7(13)10-11(9)17-19-16-10/h2,4,14H,1,3,5H2,(H,15,18). The van der Waals surface area contributed by atoms with Gasteiger partial charge in [0, 0.05) is 6.54 Å². The number of fused-ring (bicyclic) bond motifs is 1. The molecule has 0 saturated heterocycles. The quantitative estimate of drug-likeness (QED) is 0.655. The van der Waals surface area contributed by atoms with Gasteiger partial charge >= 0.3 is 0 Å². The Balaban J connectivity index is 2.18. The van der Waals surface area contributed by atoms with Gasteiger partial charge in [-0.3, -0.25) is 4.79 Å². The van der Waals surface area contributed by atoms with Crippen molar-refractivity contribution in [3.63, 3.8) is 0 Å². The van der Waals surface area contributed by atoms with Crippen molar-refractivity contribution < 1.29 is 4.79 Å². The number of benzene rings is 1. The number of rotatable bonds is 5. The first-order valence-corrected chi connectivity index (χ1v) is 6.84. The van der Waals surface area contributed by atoms with Crippen molar-refractivity contribution in [2.24, 2.45) is 8.73 Å². The number of amides is 1. The summed E-state index contributed by atoms with van der Waals surface area (Å²) in [5.74, 6) is -0.222. The molecule has 19 heavy (non-hydrogen) atoms. The van der Waals surface area contributed by atoms with Crippen LogP contribution >= 0.6 is 23.2 Å². The van der Waals surface area contributed by atoms with Gasteiger partial charge in [-0.05, 0) is 6.07 Å². The van der Waals surface area contributed by atoms with Gasteiger partial charge in [0.2, 0.25) is 5.91 Å². The maximum absolute atomic E-state index is 11.7. The minimum atomic E-state index is -0.222. The summed E-state index contributed by atoms with van der Waals surface area (Å²) in [4.78, 5) is 11.7. The molecule has 1 aliphatic heterocycles. The first kappa shape index (κ1) is 14.2. The zero-order valence-electron chi connectivity index (χ0n) is 9.74. The van der Waals surface area contributed by atoms with Gasteiger partial charge in [-0.25, -0.2) is 0 Å². The molecule has 2 N–H and O–H groups in total. The van der Waals surface area contributed by atoms with Crippen LogP contribution in [0.2, 0.25) is 10.0 Å². The molecule has 0 bridgehead atoms. The van der Waals surface area contributed by atoms with Gasteiger partial charge in [-0.15, -0.1) is 6.58 Å². The topological polar surface area (TPSA) is 65.8 Å². The van der Waals surface area contributed by atoms with E-state index in [1.807, 2.05) is 0 Å². The molecule has 0 atom stereocenters. The largest absolute Gasteiger partial charge is 0.322 e. The second kappa shape index (κ2) is 6.29. The van der Waals surface area contributed by atoms with Gasteiger partial charge in [0.1, 0.15) is 11.4 Å². The number of hydrogen-bond donors (Lipinski definition) is 2. The Morgan fingerprint density at radius 3 is 2.84 bits per heavy atom. The molecule has 0 radical (unpaired) electrons. The highest BCUT2D eigenvalue weighted by molar-refractivity contribution is 7.58. The molecule has 0 spiro atoms. The average Bonchev–Trinajstić information content (AvgIpc) is 2.84. The van der Waals surface area contributed by atoms with Gasteiger partial charge < -0.3 is 10.6 Å². The summed E-state index contributed by atoms with van der Waals surface area (Å²) in [5, 5.41) is 6.35. The Morgan fingerprint density at radius 1 is 1.37 bits per heavy atom. The summed E-state index contributed by atoms with van der Waals surface area (Å²) < 4.78 is 8.16. The average molecular weight is 317 g/mol. The van der Waals surface area contributed by atoms with Crippen molar-refractivity contribution in [1.29, 1.82) is 0 Å². The summed E-state index contributed by atoms with van der Waals surface area (Å²) in [5.41, 5.74) is 1.46. The molecule has 100 valence electrons. The zero-order valence-corrected chi connectivity index (χ0v) is 12.1.